The van der Waals surface area contributed by atoms with Crippen LogP contribution in [0.15, 0.2) is 35.7 Å². The number of carbonyl (C=O) groups excluding carboxylic acids is 2. The molecule has 0 aliphatic carbocycles. The van der Waals surface area contributed by atoms with Gasteiger partial charge in [0.1, 0.15) is 12.4 Å². The van der Waals surface area contributed by atoms with E-state index in [-0.39, 0.29) is 24.4 Å². The van der Waals surface area contributed by atoms with Gasteiger partial charge in [-0.1, -0.05) is 32.4 Å². The summed E-state index contributed by atoms with van der Waals surface area (Å²) >= 11 is 7.68. The number of halogens is 1. The summed E-state index contributed by atoms with van der Waals surface area (Å²) in [6, 6.07) is 9.15. The Balaban J connectivity index is 1.76. The van der Waals surface area contributed by atoms with Crippen molar-refractivity contribution in [2.24, 2.45) is 5.92 Å². The highest BCUT2D eigenvalue weighted by atomic mass is 35.5. The van der Waals surface area contributed by atoms with Crippen LogP contribution in [-0.4, -0.2) is 47.9 Å². The molecule has 1 aromatic carbocycles. The molecule has 7 heteroatoms. The fraction of sp³-hybridized carbons (Fsp3) is 0.478. The highest BCUT2D eigenvalue weighted by Gasteiger charge is 2.33. The molecular weight excluding hydrogens is 420 g/mol. The number of carbonyl (C=O) groups is 2. The van der Waals surface area contributed by atoms with E-state index in [4.69, 9.17) is 16.3 Å². The first-order valence-corrected chi connectivity index (χ1v) is 11.7. The molecule has 2 aromatic rings. The maximum absolute atomic E-state index is 13.3. The normalized spacial score (nSPS) is 15.8. The monoisotopic (exact) mass is 448 g/mol. The van der Waals surface area contributed by atoms with Crippen molar-refractivity contribution in [3.05, 3.63) is 51.2 Å². The van der Waals surface area contributed by atoms with Crippen molar-refractivity contribution in [2.75, 3.05) is 26.2 Å². The maximum atomic E-state index is 13.3. The third-order valence-electron chi connectivity index (χ3n) is 5.20. The summed E-state index contributed by atoms with van der Waals surface area (Å²) in [7, 11) is 0. The Kier molecular flexibility index (Phi) is 7.78. The van der Waals surface area contributed by atoms with Gasteiger partial charge in [-0.05, 0) is 53.6 Å². The summed E-state index contributed by atoms with van der Waals surface area (Å²) in [5.41, 5.74) is 1.14. The number of thiophene rings is 1. The number of ether oxygens (including phenoxy) is 1. The van der Waals surface area contributed by atoms with E-state index in [1.54, 1.807) is 28.4 Å². The molecule has 30 heavy (non-hydrogen) atoms. The molecule has 1 aromatic heterocycles. The molecule has 0 saturated heterocycles. The lowest BCUT2D eigenvalue weighted by molar-refractivity contribution is -0.143. The molecule has 5 nitrogen and oxygen atoms in total. The lowest BCUT2D eigenvalue weighted by Gasteiger charge is -2.37. The van der Waals surface area contributed by atoms with Crippen molar-refractivity contribution >= 4 is 34.8 Å². The molecule has 0 N–H and O–H groups in total. The molecule has 1 atom stereocenters. The van der Waals surface area contributed by atoms with Crippen molar-refractivity contribution in [1.82, 2.24) is 9.80 Å². The lowest BCUT2D eigenvalue weighted by Crippen LogP contribution is -2.48. The van der Waals surface area contributed by atoms with Gasteiger partial charge in [0, 0.05) is 29.4 Å². The van der Waals surface area contributed by atoms with Crippen molar-refractivity contribution < 1.29 is 14.3 Å². The van der Waals surface area contributed by atoms with Crippen LogP contribution in [-0.2, 0) is 16.0 Å². The van der Waals surface area contributed by atoms with Crippen LogP contribution in [0.4, 0.5) is 0 Å². The molecule has 0 radical (unpaired) electrons. The van der Waals surface area contributed by atoms with E-state index in [0.29, 0.717) is 37.1 Å². The van der Waals surface area contributed by atoms with Gasteiger partial charge in [0.2, 0.25) is 11.8 Å². The summed E-state index contributed by atoms with van der Waals surface area (Å²) in [4.78, 5) is 30.5. The highest BCUT2D eigenvalue weighted by molar-refractivity contribution is 7.10. The van der Waals surface area contributed by atoms with Crippen LogP contribution in [0, 0.1) is 5.92 Å². The molecular formula is C23H29ClN2O3S. The molecule has 3 rings (SSSR count). The average Bonchev–Trinajstić information content (AvgIpc) is 3.20. The fourth-order valence-electron chi connectivity index (χ4n) is 3.75. The number of nitrogens with zero attached hydrogens (tertiary/aromatic N) is 2. The molecule has 0 bridgehead atoms. The van der Waals surface area contributed by atoms with E-state index in [2.05, 4.69) is 25.3 Å². The van der Waals surface area contributed by atoms with Crippen LogP contribution >= 0.6 is 22.9 Å². The van der Waals surface area contributed by atoms with Gasteiger partial charge in [0.15, 0.2) is 0 Å². The largest absolute Gasteiger partial charge is 0.491 e. The van der Waals surface area contributed by atoms with Gasteiger partial charge in [-0.15, -0.1) is 11.3 Å². The minimum atomic E-state index is -0.166. The molecule has 0 spiro atoms. The predicted molar refractivity (Wildman–Crippen MR) is 121 cm³/mol. The Bertz CT molecular complexity index is 866. The van der Waals surface area contributed by atoms with Crippen LogP contribution < -0.4 is 4.74 Å². The standard InChI is InChI=1S/C23H29ClN2O3S/c1-4-22(27)25(13-16(2)3)14-23(28)26-11-9-21-19(10-12-30-21)20(26)15-29-18-7-5-17(24)6-8-18/h5-8,10,12,16,20H,4,9,11,13-15H2,1-3H3/t20-/m0/s1. The van der Waals surface area contributed by atoms with Crippen molar-refractivity contribution in [3.8, 4) is 5.75 Å². The van der Waals surface area contributed by atoms with Crippen LogP contribution in [0.5, 0.6) is 5.75 Å². The minimum Gasteiger partial charge on any atom is -0.491 e. The van der Waals surface area contributed by atoms with E-state index >= 15 is 0 Å². The van der Waals surface area contributed by atoms with Gasteiger partial charge < -0.3 is 14.5 Å². The summed E-state index contributed by atoms with van der Waals surface area (Å²) in [6.45, 7) is 7.65. The molecule has 2 heterocycles. The van der Waals surface area contributed by atoms with E-state index in [1.807, 2.05) is 24.0 Å². The van der Waals surface area contributed by atoms with E-state index < -0.39 is 0 Å². The number of benzene rings is 1. The van der Waals surface area contributed by atoms with Gasteiger partial charge >= 0.3 is 0 Å². The van der Waals surface area contributed by atoms with Gasteiger partial charge in [-0.2, -0.15) is 0 Å². The highest BCUT2D eigenvalue weighted by Crippen LogP contribution is 2.34. The maximum Gasteiger partial charge on any atom is 0.242 e. The number of amides is 2. The summed E-state index contributed by atoms with van der Waals surface area (Å²) in [5, 5.41) is 2.72. The predicted octanol–water partition coefficient (Wildman–Crippen LogP) is 4.80. The quantitative estimate of drug-likeness (QED) is 0.582. The van der Waals surface area contributed by atoms with Gasteiger partial charge in [0.25, 0.3) is 0 Å². The molecule has 0 fully saturated rings. The van der Waals surface area contributed by atoms with Gasteiger partial charge in [-0.25, -0.2) is 0 Å². The number of hydrogen-bond acceptors (Lipinski definition) is 4. The number of fused-ring (bicyclic) bond motifs is 1. The molecule has 0 unspecified atom stereocenters. The Morgan fingerprint density at radius 1 is 1.27 bits per heavy atom. The average molecular weight is 449 g/mol. The van der Waals surface area contributed by atoms with Crippen LogP contribution in [0.1, 0.15) is 43.7 Å². The van der Waals surface area contributed by atoms with E-state index in [1.165, 1.54) is 4.88 Å². The van der Waals surface area contributed by atoms with Gasteiger partial charge in [-0.3, -0.25) is 9.59 Å². The third kappa shape index (κ3) is 5.55. The summed E-state index contributed by atoms with van der Waals surface area (Å²) in [5.74, 6) is 1.01. The minimum absolute atomic E-state index is 0.0132. The molecule has 162 valence electrons. The first kappa shape index (κ1) is 22.6. The lowest BCUT2D eigenvalue weighted by atomic mass is 10.0. The van der Waals surface area contributed by atoms with Crippen LogP contribution in [0.25, 0.3) is 0 Å². The first-order valence-electron chi connectivity index (χ1n) is 10.4. The Labute approximate surface area is 187 Å². The molecule has 1 aliphatic heterocycles. The van der Waals surface area contributed by atoms with Crippen molar-refractivity contribution in [2.45, 2.75) is 39.7 Å². The number of rotatable bonds is 8. The van der Waals surface area contributed by atoms with Crippen LogP contribution in [0.3, 0.4) is 0 Å². The zero-order valence-electron chi connectivity index (χ0n) is 17.8. The van der Waals surface area contributed by atoms with Crippen molar-refractivity contribution in [3.63, 3.8) is 0 Å². The summed E-state index contributed by atoms with van der Waals surface area (Å²) in [6.07, 6.45) is 1.24. The Morgan fingerprint density at radius 3 is 2.67 bits per heavy atom. The topological polar surface area (TPSA) is 49.9 Å². The zero-order valence-corrected chi connectivity index (χ0v) is 19.3. The van der Waals surface area contributed by atoms with Gasteiger partial charge in [0.05, 0.1) is 12.6 Å². The zero-order chi connectivity index (χ0) is 21.7. The number of hydrogen-bond donors (Lipinski definition) is 0. The molecule has 1 aliphatic rings. The third-order valence-corrected chi connectivity index (χ3v) is 6.45. The second kappa shape index (κ2) is 10.3. The van der Waals surface area contributed by atoms with E-state index in [0.717, 1.165) is 17.7 Å². The molecule has 0 saturated carbocycles. The molecule has 2 amide bonds. The second-order valence-corrected chi connectivity index (χ2v) is 9.38. The SMILES string of the molecule is CCC(=O)N(CC(=O)N1CCc2sccc2[C@@H]1COc1ccc(Cl)cc1)CC(C)C. The van der Waals surface area contributed by atoms with Crippen molar-refractivity contribution in [1.29, 1.82) is 0 Å². The van der Waals surface area contributed by atoms with Crippen LogP contribution in [0.2, 0.25) is 5.02 Å². The smallest absolute Gasteiger partial charge is 0.242 e. The summed E-state index contributed by atoms with van der Waals surface area (Å²) < 4.78 is 6.02. The Morgan fingerprint density at radius 2 is 2.00 bits per heavy atom. The van der Waals surface area contributed by atoms with E-state index in [9.17, 15) is 9.59 Å². The fourth-order valence-corrected chi connectivity index (χ4v) is 4.81. The first-order chi connectivity index (χ1) is 14.4. The Hall–Kier alpha value is -2.05. The second-order valence-electron chi connectivity index (χ2n) is 7.94.